The van der Waals surface area contributed by atoms with Crippen molar-refractivity contribution in [2.24, 2.45) is 0 Å². The van der Waals surface area contributed by atoms with Crippen LogP contribution in [0, 0.1) is 0 Å². The lowest BCUT2D eigenvalue weighted by Gasteiger charge is -2.21. The summed E-state index contributed by atoms with van der Waals surface area (Å²) < 4.78 is 44.6. The predicted molar refractivity (Wildman–Crippen MR) is 106 cm³/mol. The van der Waals surface area contributed by atoms with Crippen LogP contribution in [0.5, 0.6) is 0 Å². The van der Waals surface area contributed by atoms with E-state index in [0.29, 0.717) is 18.0 Å². The first-order valence-corrected chi connectivity index (χ1v) is 10.4. The Hall–Kier alpha value is -2.65. The Kier molecular flexibility index (Phi) is 5.92. The van der Waals surface area contributed by atoms with Gasteiger partial charge in [-0.3, -0.25) is 9.69 Å². The number of hydrogen-bond donors (Lipinski definition) is 1. The van der Waals surface area contributed by atoms with E-state index in [1.165, 1.54) is 12.3 Å². The lowest BCUT2D eigenvalue weighted by atomic mass is 10.1. The highest BCUT2D eigenvalue weighted by molar-refractivity contribution is 7.09. The number of nitrogens with zero attached hydrogens (tertiary/aromatic N) is 2. The molecule has 9 heteroatoms. The van der Waals surface area contributed by atoms with Gasteiger partial charge in [0, 0.05) is 24.0 Å². The summed E-state index contributed by atoms with van der Waals surface area (Å²) in [7, 11) is 0. The molecule has 2 aromatic heterocycles. The fourth-order valence-electron chi connectivity index (χ4n) is 3.06. The van der Waals surface area contributed by atoms with Crippen molar-refractivity contribution in [1.29, 1.82) is 0 Å². The molecule has 1 N–H and O–H groups in total. The first kappa shape index (κ1) is 20.6. The first-order chi connectivity index (χ1) is 14.4. The molecule has 1 saturated carbocycles. The van der Waals surface area contributed by atoms with Gasteiger partial charge in [0.2, 0.25) is 5.89 Å². The van der Waals surface area contributed by atoms with Crippen LogP contribution in [-0.2, 0) is 25.8 Å². The number of oxazole rings is 1. The van der Waals surface area contributed by atoms with Crippen LogP contribution in [0.3, 0.4) is 0 Å². The molecule has 1 amide bonds. The van der Waals surface area contributed by atoms with Crippen LogP contribution < -0.4 is 5.32 Å². The van der Waals surface area contributed by atoms with Gasteiger partial charge < -0.3 is 9.73 Å². The van der Waals surface area contributed by atoms with Gasteiger partial charge in [-0.15, -0.1) is 11.3 Å². The Morgan fingerprint density at radius 3 is 2.73 bits per heavy atom. The van der Waals surface area contributed by atoms with Gasteiger partial charge in [0.05, 0.1) is 12.1 Å². The highest BCUT2D eigenvalue weighted by atomic mass is 32.1. The molecule has 0 bridgehead atoms. The Balaban J connectivity index is 1.49. The smallest absolute Gasteiger partial charge is 0.416 e. The number of thiophene rings is 1. The number of halogens is 3. The van der Waals surface area contributed by atoms with E-state index < -0.39 is 11.7 Å². The van der Waals surface area contributed by atoms with Crippen LogP contribution in [0.15, 0.2) is 52.5 Å². The number of carbonyl (C=O) groups is 1. The Morgan fingerprint density at radius 2 is 2.03 bits per heavy atom. The van der Waals surface area contributed by atoms with Crippen LogP contribution >= 0.6 is 11.3 Å². The van der Waals surface area contributed by atoms with Crippen LogP contribution in [0.2, 0.25) is 0 Å². The second kappa shape index (κ2) is 8.61. The molecule has 0 unspecified atom stereocenters. The highest BCUT2D eigenvalue weighted by Crippen LogP contribution is 2.30. The number of benzene rings is 1. The van der Waals surface area contributed by atoms with Gasteiger partial charge in [0.25, 0.3) is 5.91 Å². The molecule has 1 aromatic carbocycles. The standard InChI is InChI=1S/C21H20F3N3O2S/c22-21(23,24)15-4-1-3-14(9-15)10-27(11-17-5-2-8-30-17)12-19-26-18(13-29-19)20(28)25-16-6-7-16/h1-5,8-9,13,16H,6-7,10-12H2,(H,25,28). The molecule has 0 spiro atoms. The monoisotopic (exact) mass is 435 g/mol. The van der Waals surface area contributed by atoms with Crippen molar-refractivity contribution in [3.63, 3.8) is 0 Å². The van der Waals surface area contributed by atoms with Gasteiger partial charge in [-0.2, -0.15) is 13.2 Å². The third-order valence-corrected chi connectivity index (χ3v) is 5.54. The minimum atomic E-state index is -4.39. The van der Waals surface area contributed by atoms with Crippen molar-refractivity contribution in [3.05, 3.63) is 75.6 Å². The molecule has 1 fully saturated rings. The van der Waals surface area contributed by atoms with Gasteiger partial charge in [-0.1, -0.05) is 24.3 Å². The SMILES string of the molecule is O=C(NC1CC1)c1coc(CN(Cc2cccc(C(F)(F)F)c2)Cc2cccs2)n1. The molecule has 1 aliphatic rings. The highest BCUT2D eigenvalue weighted by Gasteiger charge is 2.30. The fourth-order valence-corrected chi connectivity index (χ4v) is 3.81. The molecule has 4 rings (SSSR count). The largest absolute Gasteiger partial charge is 0.447 e. The molecule has 2 heterocycles. The van der Waals surface area contributed by atoms with Crippen molar-refractivity contribution in [2.75, 3.05) is 0 Å². The predicted octanol–water partition coefficient (Wildman–Crippen LogP) is 4.85. The van der Waals surface area contributed by atoms with Crippen LogP contribution in [-0.4, -0.2) is 21.8 Å². The topological polar surface area (TPSA) is 58.4 Å². The molecule has 0 radical (unpaired) electrons. The molecule has 0 saturated heterocycles. The molecule has 1 aliphatic carbocycles. The summed E-state index contributed by atoms with van der Waals surface area (Å²) in [5.41, 5.74) is 0.0814. The lowest BCUT2D eigenvalue weighted by Crippen LogP contribution is -2.26. The summed E-state index contributed by atoms with van der Waals surface area (Å²) in [6, 6.07) is 9.40. The maximum Gasteiger partial charge on any atom is 0.416 e. The maximum atomic E-state index is 13.1. The molecule has 3 aromatic rings. The summed E-state index contributed by atoms with van der Waals surface area (Å²) in [5.74, 6) is 0.0784. The van der Waals surface area contributed by atoms with Gasteiger partial charge in [-0.05, 0) is 35.9 Å². The Labute approximate surface area is 175 Å². The number of amides is 1. The van der Waals surface area contributed by atoms with E-state index >= 15 is 0 Å². The average molecular weight is 435 g/mol. The molecule has 158 valence electrons. The maximum absolute atomic E-state index is 13.1. The van der Waals surface area contributed by atoms with Gasteiger partial charge in [-0.25, -0.2) is 4.98 Å². The number of hydrogen-bond acceptors (Lipinski definition) is 5. The second-order valence-corrected chi connectivity index (χ2v) is 8.33. The number of alkyl halides is 3. The molecule has 0 atom stereocenters. The van der Waals surface area contributed by atoms with E-state index in [9.17, 15) is 18.0 Å². The molecule has 0 aliphatic heterocycles. The molecular weight excluding hydrogens is 415 g/mol. The number of carbonyl (C=O) groups excluding carboxylic acids is 1. The van der Waals surface area contributed by atoms with Gasteiger partial charge in [0.1, 0.15) is 6.26 Å². The van der Waals surface area contributed by atoms with Crippen molar-refractivity contribution < 1.29 is 22.4 Å². The van der Waals surface area contributed by atoms with E-state index in [1.54, 1.807) is 17.4 Å². The third-order valence-electron chi connectivity index (χ3n) is 4.68. The van der Waals surface area contributed by atoms with Crippen molar-refractivity contribution in [3.8, 4) is 0 Å². The minimum absolute atomic E-state index is 0.215. The van der Waals surface area contributed by atoms with Gasteiger partial charge in [0.15, 0.2) is 5.69 Å². The second-order valence-electron chi connectivity index (χ2n) is 7.30. The summed E-state index contributed by atoms with van der Waals surface area (Å²) in [4.78, 5) is 19.4. The van der Waals surface area contributed by atoms with Crippen molar-refractivity contribution in [1.82, 2.24) is 15.2 Å². The zero-order chi connectivity index (χ0) is 21.1. The minimum Gasteiger partial charge on any atom is -0.447 e. The van der Waals surface area contributed by atoms with E-state index in [1.807, 2.05) is 22.4 Å². The summed E-state index contributed by atoms with van der Waals surface area (Å²) in [6.45, 7) is 1.08. The normalized spacial score (nSPS) is 14.3. The summed E-state index contributed by atoms with van der Waals surface area (Å²) in [6.07, 6.45) is -1.12. The fraction of sp³-hybridized carbons (Fsp3) is 0.333. The zero-order valence-corrected chi connectivity index (χ0v) is 16.8. The number of rotatable bonds is 8. The van der Waals surface area contributed by atoms with Gasteiger partial charge >= 0.3 is 6.18 Å². The van der Waals surface area contributed by atoms with Crippen LogP contribution in [0.4, 0.5) is 13.2 Å². The lowest BCUT2D eigenvalue weighted by molar-refractivity contribution is -0.137. The van der Waals surface area contributed by atoms with Crippen LogP contribution in [0.1, 0.15) is 45.2 Å². The van der Waals surface area contributed by atoms with Crippen molar-refractivity contribution in [2.45, 2.75) is 44.7 Å². The number of aromatic nitrogens is 1. The third kappa shape index (κ3) is 5.48. The van der Waals surface area contributed by atoms with Crippen molar-refractivity contribution >= 4 is 17.2 Å². The van der Waals surface area contributed by atoms with Crippen LogP contribution in [0.25, 0.3) is 0 Å². The van der Waals surface area contributed by atoms with E-state index in [4.69, 9.17) is 4.42 Å². The van der Waals surface area contributed by atoms with E-state index in [0.717, 1.165) is 29.9 Å². The summed E-state index contributed by atoms with van der Waals surface area (Å²) in [5, 5.41) is 4.80. The summed E-state index contributed by atoms with van der Waals surface area (Å²) >= 11 is 1.57. The Bertz CT molecular complexity index is 997. The quantitative estimate of drug-likeness (QED) is 0.550. The average Bonchev–Trinajstić information content (AvgIpc) is 3.15. The molecule has 30 heavy (non-hydrogen) atoms. The van der Waals surface area contributed by atoms with E-state index in [-0.39, 0.29) is 30.7 Å². The first-order valence-electron chi connectivity index (χ1n) is 9.53. The molecular formula is C21H20F3N3O2S. The molecule has 5 nitrogen and oxygen atoms in total. The number of nitrogens with one attached hydrogen (secondary N) is 1. The zero-order valence-electron chi connectivity index (χ0n) is 16.0. The van der Waals surface area contributed by atoms with E-state index in [2.05, 4.69) is 10.3 Å². The Morgan fingerprint density at radius 1 is 1.20 bits per heavy atom.